The topological polar surface area (TPSA) is 35.5 Å². The molecule has 1 aromatic rings. The predicted molar refractivity (Wildman–Crippen MR) is 76.4 cm³/mol. The molecule has 1 fully saturated rings. The fraction of sp³-hybridized carbons (Fsp3) is 0.500. The van der Waals surface area contributed by atoms with Gasteiger partial charge in [0.15, 0.2) is 0 Å². The predicted octanol–water partition coefficient (Wildman–Crippen LogP) is 5.00. The summed E-state index contributed by atoms with van der Waals surface area (Å²) in [6.45, 7) is 4.89. The minimum Gasteiger partial charge on any atom is -0.307 e. The van der Waals surface area contributed by atoms with Crippen molar-refractivity contribution in [3.8, 4) is 0 Å². The second-order valence-electron chi connectivity index (χ2n) is 5.14. The Balaban J connectivity index is 2.16. The third-order valence-electron chi connectivity index (χ3n) is 2.69. The normalized spacial score (nSPS) is 23.6. The molecule has 0 spiro atoms. The molecule has 0 aromatic heterocycles. The molecule has 0 N–H and O–H groups in total. The van der Waals surface area contributed by atoms with Crippen LogP contribution in [0.25, 0.3) is 0 Å². The Labute approximate surface area is 120 Å². The Morgan fingerprint density at radius 1 is 1.28 bits per heavy atom. The lowest BCUT2D eigenvalue weighted by Gasteiger charge is -2.35. The van der Waals surface area contributed by atoms with Crippen LogP contribution in [-0.2, 0) is 13.6 Å². The van der Waals surface area contributed by atoms with Crippen LogP contribution in [0.2, 0.25) is 5.02 Å². The Bertz CT molecular complexity index is 461. The van der Waals surface area contributed by atoms with Gasteiger partial charge in [-0.3, -0.25) is 4.57 Å². The van der Waals surface area contributed by atoms with Crippen molar-refractivity contribution in [1.82, 2.24) is 0 Å². The zero-order chi connectivity index (χ0) is 13.4. The molecule has 2 rings (SSSR count). The smallest absolute Gasteiger partial charge is 0.307 e. The lowest BCUT2D eigenvalue weighted by atomic mass is 9.97. The fourth-order valence-electron chi connectivity index (χ4n) is 1.54. The maximum absolute atomic E-state index is 12.6. The molecule has 18 heavy (non-hydrogen) atoms. The number of hydrogen-bond acceptors (Lipinski definition) is 3. The van der Waals surface area contributed by atoms with Crippen molar-refractivity contribution in [1.29, 1.82) is 0 Å². The summed E-state index contributed by atoms with van der Waals surface area (Å²) in [5, 5.41) is 0.642. The minimum absolute atomic E-state index is 0.0966. The second kappa shape index (κ2) is 5.26. The number of hydrogen-bond donors (Lipinski definition) is 0. The standard InChI is InChI=1S/C12H15BrClO3P/c1-12(2)7-16-18(15,17-8-12)11(13)9-3-5-10(14)6-4-9/h3-6,11H,7-8H2,1-2H3. The van der Waals surface area contributed by atoms with E-state index in [1.807, 2.05) is 26.0 Å². The van der Waals surface area contributed by atoms with Gasteiger partial charge < -0.3 is 9.05 Å². The van der Waals surface area contributed by atoms with Gasteiger partial charge in [0, 0.05) is 10.4 Å². The number of halogens is 2. The van der Waals surface area contributed by atoms with Gasteiger partial charge in [0.2, 0.25) is 0 Å². The zero-order valence-electron chi connectivity index (χ0n) is 10.2. The van der Waals surface area contributed by atoms with E-state index >= 15 is 0 Å². The lowest BCUT2D eigenvalue weighted by Crippen LogP contribution is -2.30. The van der Waals surface area contributed by atoms with Gasteiger partial charge in [0.05, 0.1) is 13.2 Å². The van der Waals surface area contributed by atoms with Crippen LogP contribution in [0.3, 0.4) is 0 Å². The van der Waals surface area contributed by atoms with E-state index in [4.69, 9.17) is 20.6 Å². The summed E-state index contributed by atoms with van der Waals surface area (Å²) in [7, 11) is -3.15. The van der Waals surface area contributed by atoms with E-state index in [0.29, 0.717) is 18.2 Å². The molecule has 0 bridgehead atoms. The quantitative estimate of drug-likeness (QED) is 0.554. The van der Waals surface area contributed by atoms with Crippen LogP contribution in [0.15, 0.2) is 24.3 Å². The van der Waals surface area contributed by atoms with Crippen molar-refractivity contribution in [2.24, 2.45) is 5.41 Å². The van der Waals surface area contributed by atoms with Crippen molar-refractivity contribution in [3.63, 3.8) is 0 Å². The molecule has 1 aliphatic heterocycles. The minimum atomic E-state index is -3.15. The van der Waals surface area contributed by atoms with Crippen molar-refractivity contribution in [2.45, 2.75) is 18.4 Å². The van der Waals surface area contributed by atoms with Crippen molar-refractivity contribution in [2.75, 3.05) is 13.2 Å². The number of alkyl halides is 1. The highest BCUT2D eigenvalue weighted by molar-refractivity contribution is 9.10. The van der Waals surface area contributed by atoms with Crippen molar-refractivity contribution >= 4 is 35.1 Å². The fourth-order valence-corrected chi connectivity index (χ4v) is 4.62. The number of benzene rings is 1. The van der Waals surface area contributed by atoms with Crippen LogP contribution >= 0.6 is 35.1 Å². The largest absolute Gasteiger partial charge is 0.348 e. The molecular weight excluding hydrogens is 338 g/mol. The lowest BCUT2D eigenvalue weighted by molar-refractivity contribution is 0.0407. The Morgan fingerprint density at radius 2 is 1.78 bits per heavy atom. The van der Waals surface area contributed by atoms with Crippen LogP contribution in [0, 0.1) is 5.41 Å². The Morgan fingerprint density at radius 3 is 2.28 bits per heavy atom. The monoisotopic (exact) mass is 352 g/mol. The Kier molecular flexibility index (Phi) is 4.25. The third kappa shape index (κ3) is 3.17. The first-order chi connectivity index (χ1) is 8.32. The summed E-state index contributed by atoms with van der Waals surface area (Å²) in [4.78, 5) is 0. The van der Waals surface area contributed by atoms with Gasteiger partial charge in [-0.1, -0.05) is 53.5 Å². The first kappa shape index (κ1) is 14.5. The summed E-state index contributed by atoms with van der Waals surface area (Å²) in [6.07, 6.45) is 0. The van der Waals surface area contributed by atoms with Crippen LogP contribution in [0.5, 0.6) is 0 Å². The van der Waals surface area contributed by atoms with Gasteiger partial charge in [-0.05, 0) is 17.7 Å². The average Bonchev–Trinajstić information content (AvgIpc) is 2.34. The molecule has 0 amide bonds. The first-order valence-electron chi connectivity index (χ1n) is 5.61. The molecule has 0 saturated carbocycles. The summed E-state index contributed by atoms with van der Waals surface area (Å²) < 4.78 is 23.1. The molecule has 100 valence electrons. The zero-order valence-corrected chi connectivity index (χ0v) is 13.5. The van der Waals surface area contributed by atoms with Crippen LogP contribution < -0.4 is 0 Å². The molecule has 6 heteroatoms. The van der Waals surface area contributed by atoms with E-state index < -0.39 is 12.2 Å². The van der Waals surface area contributed by atoms with Gasteiger partial charge in [-0.2, -0.15) is 0 Å². The molecular formula is C12H15BrClO3P. The van der Waals surface area contributed by atoms with E-state index in [2.05, 4.69) is 15.9 Å². The van der Waals surface area contributed by atoms with E-state index in [-0.39, 0.29) is 5.41 Å². The van der Waals surface area contributed by atoms with Crippen LogP contribution in [-0.4, -0.2) is 13.2 Å². The molecule has 1 atom stereocenters. The molecule has 1 heterocycles. The molecule has 0 aliphatic carbocycles. The van der Waals surface area contributed by atoms with Gasteiger partial charge in [-0.15, -0.1) is 0 Å². The molecule has 1 saturated heterocycles. The van der Waals surface area contributed by atoms with Gasteiger partial charge in [0.1, 0.15) is 4.57 Å². The van der Waals surface area contributed by atoms with Gasteiger partial charge >= 0.3 is 7.60 Å². The van der Waals surface area contributed by atoms with E-state index in [9.17, 15) is 4.57 Å². The maximum atomic E-state index is 12.6. The molecule has 1 aliphatic rings. The first-order valence-corrected chi connectivity index (χ1v) is 8.51. The highest BCUT2D eigenvalue weighted by atomic mass is 79.9. The maximum Gasteiger partial charge on any atom is 0.348 e. The van der Waals surface area contributed by atoms with Crippen molar-refractivity contribution < 1.29 is 13.6 Å². The third-order valence-corrected chi connectivity index (χ3v) is 6.81. The molecule has 1 unspecified atom stereocenters. The van der Waals surface area contributed by atoms with Crippen molar-refractivity contribution in [3.05, 3.63) is 34.9 Å². The summed E-state index contributed by atoms with van der Waals surface area (Å²) in [6, 6.07) is 7.14. The summed E-state index contributed by atoms with van der Waals surface area (Å²) in [5.41, 5.74) is 0.739. The SMILES string of the molecule is CC1(C)COP(=O)(C(Br)c2ccc(Cl)cc2)OC1. The Hall–Kier alpha value is 0.140. The second-order valence-corrected chi connectivity index (χ2v) is 9.31. The average molecular weight is 354 g/mol. The van der Waals surface area contributed by atoms with E-state index in [1.54, 1.807) is 12.1 Å². The number of rotatable bonds is 2. The van der Waals surface area contributed by atoms with Gasteiger partial charge in [-0.25, -0.2) is 0 Å². The molecule has 0 radical (unpaired) electrons. The summed E-state index contributed by atoms with van der Waals surface area (Å²) >= 11 is 9.24. The van der Waals surface area contributed by atoms with E-state index in [1.165, 1.54) is 0 Å². The van der Waals surface area contributed by atoms with E-state index in [0.717, 1.165) is 5.56 Å². The molecule has 1 aromatic carbocycles. The van der Waals surface area contributed by atoms with Crippen LogP contribution in [0.4, 0.5) is 0 Å². The van der Waals surface area contributed by atoms with Crippen LogP contribution in [0.1, 0.15) is 24.0 Å². The summed E-state index contributed by atoms with van der Waals surface area (Å²) in [5.74, 6) is 0. The highest BCUT2D eigenvalue weighted by Gasteiger charge is 2.42. The highest BCUT2D eigenvalue weighted by Crippen LogP contribution is 2.66. The van der Waals surface area contributed by atoms with Gasteiger partial charge in [0.25, 0.3) is 0 Å². The molecule has 3 nitrogen and oxygen atoms in total.